The van der Waals surface area contributed by atoms with E-state index in [9.17, 15) is 4.79 Å². The van der Waals surface area contributed by atoms with Gasteiger partial charge < -0.3 is 23.7 Å². The quantitative estimate of drug-likeness (QED) is 0.0937. The van der Waals surface area contributed by atoms with Crippen LogP contribution in [0.4, 0.5) is 0 Å². The molecule has 7 nitrogen and oxygen atoms in total. The van der Waals surface area contributed by atoms with Gasteiger partial charge in [-0.05, 0) is 61.6 Å². The van der Waals surface area contributed by atoms with Crippen molar-refractivity contribution in [2.24, 2.45) is 0 Å². The molecule has 0 saturated carbocycles. The lowest BCUT2D eigenvalue weighted by atomic mass is 9.88. The van der Waals surface area contributed by atoms with E-state index in [0.29, 0.717) is 51.7 Å². The summed E-state index contributed by atoms with van der Waals surface area (Å²) >= 11 is 0. The van der Waals surface area contributed by atoms with Crippen molar-refractivity contribution in [3.63, 3.8) is 0 Å². The Morgan fingerprint density at radius 1 is 0.521 bits per heavy atom. The van der Waals surface area contributed by atoms with Gasteiger partial charge in [0.1, 0.15) is 48.4 Å². The van der Waals surface area contributed by atoms with Gasteiger partial charge in [0.25, 0.3) is 0 Å². The number of rotatable bonds is 13. The maximum Gasteiger partial charge on any atom is 0.341 e. The molecular formula is C41H40O7. The van der Waals surface area contributed by atoms with Crippen molar-refractivity contribution in [2.45, 2.75) is 47.5 Å². The van der Waals surface area contributed by atoms with Crippen LogP contribution in [0.1, 0.15) is 65.2 Å². The Kier molecular flexibility index (Phi) is 10.8. The maximum atomic E-state index is 15.0. The highest BCUT2D eigenvalue weighted by Crippen LogP contribution is 2.43. The summed E-state index contributed by atoms with van der Waals surface area (Å²) in [6.07, 6.45) is 0. The number of benzene rings is 5. The van der Waals surface area contributed by atoms with Gasteiger partial charge >= 0.3 is 5.97 Å². The first kappa shape index (κ1) is 33.8. The SMILES string of the molecule is COC(=O)c1c(C)c(C(=O)c2c(C)cc(OCc3ccccc3)c(C)c2OCc2ccccc2)c(OCc2ccccc2)c(C)c1OC. The number of hydrogen-bond donors (Lipinski definition) is 0. The summed E-state index contributed by atoms with van der Waals surface area (Å²) in [5.41, 5.74) is 5.84. The molecular weight excluding hydrogens is 604 g/mol. The van der Waals surface area contributed by atoms with Gasteiger partial charge in [0.2, 0.25) is 5.78 Å². The first-order chi connectivity index (χ1) is 23.2. The molecule has 0 N–H and O–H groups in total. The monoisotopic (exact) mass is 644 g/mol. The number of carbonyl (C=O) groups excluding carboxylic acids is 2. The highest BCUT2D eigenvalue weighted by atomic mass is 16.5. The standard InChI is InChI=1S/C41H40O7/c1-26-22-33(46-23-30-16-10-7-11-17-30)27(2)39(47-24-31-18-12-8-13-19-31)34(26)37(42)35-28(3)36(41(43)45-6)38(44-5)29(4)40(35)48-25-32-20-14-9-15-21-32/h7-22H,23-25H2,1-6H3. The van der Waals surface area contributed by atoms with Crippen LogP contribution in [0.3, 0.4) is 0 Å². The van der Waals surface area contributed by atoms with Gasteiger partial charge in [0.15, 0.2) is 0 Å². The van der Waals surface area contributed by atoms with Crippen molar-refractivity contribution < 1.29 is 33.3 Å². The van der Waals surface area contributed by atoms with Crippen molar-refractivity contribution in [3.05, 3.63) is 153 Å². The second-order valence-electron chi connectivity index (χ2n) is 11.5. The highest BCUT2D eigenvalue weighted by molar-refractivity contribution is 6.16. The van der Waals surface area contributed by atoms with E-state index in [4.69, 9.17) is 23.7 Å². The molecule has 48 heavy (non-hydrogen) atoms. The van der Waals surface area contributed by atoms with Gasteiger partial charge in [-0.3, -0.25) is 4.79 Å². The number of hydrogen-bond acceptors (Lipinski definition) is 7. The Balaban J connectivity index is 1.67. The zero-order valence-electron chi connectivity index (χ0n) is 28.2. The minimum Gasteiger partial charge on any atom is -0.495 e. The first-order valence-electron chi connectivity index (χ1n) is 15.7. The molecule has 0 aliphatic carbocycles. The fraction of sp³-hybridized carbons (Fsp3) is 0.220. The van der Waals surface area contributed by atoms with Crippen LogP contribution in [0, 0.1) is 27.7 Å². The van der Waals surface area contributed by atoms with E-state index in [1.807, 2.05) is 111 Å². The Morgan fingerprint density at radius 2 is 0.979 bits per heavy atom. The smallest absolute Gasteiger partial charge is 0.341 e. The zero-order valence-corrected chi connectivity index (χ0v) is 28.2. The molecule has 5 aromatic rings. The molecule has 0 aliphatic rings. The predicted molar refractivity (Wildman–Crippen MR) is 185 cm³/mol. The van der Waals surface area contributed by atoms with Crippen LogP contribution in [0.5, 0.6) is 23.0 Å². The minimum atomic E-state index is -0.616. The van der Waals surface area contributed by atoms with Crippen LogP contribution < -0.4 is 18.9 Å². The molecule has 5 aromatic carbocycles. The van der Waals surface area contributed by atoms with Crippen molar-refractivity contribution in [1.82, 2.24) is 0 Å². The lowest BCUT2D eigenvalue weighted by molar-refractivity contribution is 0.0596. The average Bonchev–Trinajstić information content (AvgIpc) is 3.11. The van der Waals surface area contributed by atoms with Gasteiger partial charge in [-0.1, -0.05) is 91.0 Å². The second kappa shape index (κ2) is 15.4. The molecule has 0 heterocycles. The van der Waals surface area contributed by atoms with E-state index in [0.717, 1.165) is 16.7 Å². The summed E-state index contributed by atoms with van der Waals surface area (Å²) < 4.78 is 30.1. The Hall–Kier alpha value is -5.56. The largest absolute Gasteiger partial charge is 0.495 e. The molecule has 0 bridgehead atoms. The van der Waals surface area contributed by atoms with Crippen LogP contribution in [0.25, 0.3) is 0 Å². The average molecular weight is 645 g/mol. The fourth-order valence-corrected chi connectivity index (χ4v) is 5.79. The Morgan fingerprint density at radius 3 is 1.44 bits per heavy atom. The van der Waals surface area contributed by atoms with Gasteiger partial charge in [-0.25, -0.2) is 4.79 Å². The molecule has 7 heteroatoms. The normalized spacial score (nSPS) is 10.7. The summed E-state index contributed by atoms with van der Waals surface area (Å²) in [6.45, 7) is 8.00. The molecule has 0 aromatic heterocycles. The summed E-state index contributed by atoms with van der Waals surface area (Å²) in [4.78, 5) is 28.2. The van der Waals surface area contributed by atoms with Crippen LogP contribution in [-0.2, 0) is 24.6 Å². The van der Waals surface area contributed by atoms with E-state index in [2.05, 4.69) is 0 Å². The second-order valence-corrected chi connectivity index (χ2v) is 11.5. The number of methoxy groups -OCH3 is 2. The number of carbonyl (C=O) groups is 2. The summed E-state index contributed by atoms with van der Waals surface area (Å²) in [5, 5.41) is 0. The van der Waals surface area contributed by atoms with E-state index in [1.165, 1.54) is 14.2 Å². The van der Waals surface area contributed by atoms with Gasteiger partial charge in [-0.2, -0.15) is 0 Å². The van der Waals surface area contributed by atoms with Crippen molar-refractivity contribution in [2.75, 3.05) is 14.2 Å². The molecule has 0 aliphatic heterocycles. The lowest BCUT2D eigenvalue weighted by Crippen LogP contribution is -2.18. The summed E-state index contributed by atoms with van der Waals surface area (Å²) in [7, 11) is 2.78. The minimum absolute atomic E-state index is 0.164. The first-order valence-corrected chi connectivity index (χ1v) is 15.7. The van der Waals surface area contributed by atoms with E-state index < -0.39 is 5.97 Å². The molecule has 0 atom stereocenters. The van der Waals surface area contributed by atoms with Crippen LogP contribution >= 0.6 is 0 Å². The van der Waals surface area contributed by atoms with Crippen molar-refractivity contribution in [3.8, 4) is 23.0 Å². The third-order valence-corrected chi connectivity index (χ3v) is 8.30. The van der Waals surface area contributed by atoms with Crippen molar-refractivity contribution >= 4 is 11.8 Å². The number of ether oxygens (including phenoxy) is 5. The van der Waals surface area contributed by atoms with Crippen LogP contribution in [0.15, 0.2) is 97.1 Å². The van der Waals surface area contributed by atoms with Crippen molar-refractivity contribution in [1.29, 1.82) is 0 Å². The Bertz CT molecular complexity index is 1900. The molecule has 0 fully saturated rings. The van der Waals surface area contributed by atoms with Gasteiger partial charge in [0.05, 0.1) is 25.3 Å². The molecule has 0 unspecified atom stereocenters. The summed E-state index contributed by atoms with van der Waals surface area (Å²) in [5.74, 6) is 0.639. The van der Waals surface area contributed by atoms with Crippen LogP contribution in [0.2, 0.25) is 0 Å². The fourth-order valence-electron chi connectivity index (χ4n) is 5.79. The molecule has 0 amide bonds. The number of aryl methyl sites for hydroxylation is 1. The van der Waals surface area contributed by atoms with E-state index >= 15 is 4.79 Å². The third kappa shape index (κ3) is 7.20. The topological polar surface area (TPSA) is 80.3 Å². The molecule has 5 rings (SSSR count). The number of esters is 1. The van der Waals surface area contributed by atoms with E-state index in [-0.39, 0.29) is 35.9 Å². The van der Waals surface area contributed by atoms with Crippen LogP contribution in [-0.4, -0.2) is 26.0 Å². The molecule has 246 valence electrons. The lowest BCUT2D eigenvalue weighted by Gasteiger charge is -2.24. The van der Waals surface area contributed by atoms with Gasteiger partial charge in [0, 0.05) is 11.1 Å². The number of ketones is 1. The highest BCUT2D eigenvalue weighted by Gasteiger charge is 2.33. The predicted octanol–water partition coefficient (Wildman–Crippen LogP) is 8.68. The third-order valence-electron chi connectivity index (χ3n) is 8.30. The molecule has 0 radical (unpaired) electrons. The molecule has 0 spiro atoms. The maximum absolute atomic E-state index is 15.0. The molecule has 0 saturated heterocycles. The summed E-state index contributed by atoms with van der Waals surface area (Å²) in [6, 6.07) is 31.2. The van der Waals surface area contributed by atoms with E-state index in [1.54, 1.807) is 13.8 Å². The van der Waals surface area contributed by atoms with Gasteiger partial charge in [-0.15, -0.1) is 0 Å². The zero-order chi connectivity index (χ0) is 34.2. The Labute approximate surface area is 282 Å².